The molecule has 0 aliphatic rings. The first-order chi connectivity index (χ1) is 10.8. The number of pyridine rings is 1. The van der Waals surface area contributed by atoms with Crippen LogP contribution < -0.4 is 5.56 Å². The van der Waals surface area contributed by atoms with Crippen molar-refractivity contribution in [3.63, 3.8) is 0 Å². The maximum absolute atomic E-state index is 12.2. The van der Waals surface area contributed by atoms with E-state index in [-0.39, 0.29) is 5.56 Å². The minimum atomic E-state index is -0.230. The summed E-state index contributed by atoms with van der Waals surface area (Å²) in [5, 5.41) is 13.2. The SMILES string of the molecule is O=c1[nH]c2ccccc2cc1-c1nnn(-c2ccccc2)n1. The van der Waals surface area contributed by atoms with Gasteiger partial charge in [0.2, 0.25) is 5.82 Å². The second-order valence-electron chi connectivity index (χ2n) is 4.84. The number of hydrogen-bond acceptors (Lipinski definition) is 4. The van der Waals surface area contributed by atoms with Crippen LogP contribution in [0.4, 0.5) is 0 Å². The highest BCUT2D eigenvalue weighted by Gasteiger charge is 2.12. The van der Waals surface area contributed by atoms with E-state index in [1.165, 1.54) is 4.80 Å². The predicted octanol–water partition coefficient (Wildman–Crippen LogP) is 2.17. The van der Waals surface area contributed by atoms with Crippen molar-refractivity contribution in [1.82, 2.24) is 25.2 Å². The third-order valence-electron chi connectivity index (χ3n) is 3.40. The molecule has 0 unspecified atom stereocenters. The summed E-state index contributed by atoms with van der Waals surface area (Å²) in [7, 11) is 0. The number of H-pyrrole nitrogens is 1. The number of rotatable bonds is 2. The van der Waals surface area contributed by atoms with Gasteiger partial charge < -0.3 is 4.98 Å². The first-order valence-corrected chi connectivity index (χ1v) is 6.79. The average Bonchev–Trinajstić information content (AvgIpc) is 3.05. The Bertz CT molecular complexity index is 1000. The lowest BCUT2D eigenvalue weighted by Crippen LogP contribution is -2.09. The van der Waals surface area contributed by atoms with Gasteiger partial charge in [-0.25, -0.2) is 0 Å². The standard InChI is InChI=1S/C16H11N5O/c22-16-13(10-11-6-4-5-9-14(11)17-16)15-18-20-21(19-15)12-7-2-1-3-8-12/h1-10H,(H,17,22). The summed E-state index contributed by atoms with van der Waals surface area (Å²) in [6.07, 6.45) is 0. The van der Waals surface area contributed by atoms with Crippen LogP contribution in [0.2, 0.25) is 0 Å². The first-order valence-electron chi connectivity index (χ1n) is 6.79. The summed E-state index contributed by atoms with van der Waals surface area (Å²) in [6.45, 7) is 0. The number of nitrogens with zero attached hydrogens (tertiary/aromatic N) is 4. The van der Waals surface area contributed by atoms with Gasteiger partial charge in [-0.05, 0) is 34.9 Å². The average molecular weight is 289 g/mol. The van der Waals surface area contributed by atoms with Crippen LogP contribution in [0.5, 0.6) is 0 Å². The van der Waals surface area contributed by atoms with Crippen molar-refractivity contribution in [2.24, 2.45) is 0 Å². The Hall–Kier alpha value is -3.28. The van der Waals surface area contributed by atoms with Gasteiger partial charge in [0.25, 0.3) is 5.56 Å². The normalized spacial score (nSPS) is 10.9. The van der Waals surface area contributed by atoms with Gasteiger partial charge in [-0.1, -0.05) is 36.4 Å². The van der Waals surface area contributed by atoms with Crippen molar-refractivity contribution >= 4 is 10.9 Å². The van der Waals surface area contributed by atoms with Gasteiger partial charge >= 0.3 is 0 Å². The van der Waals surface area contributed by atoms with E-state index in [0.29, 0.717) is 11.4 Å². The fourth-order valence-corrected chi connectivity index (χ4v) is 2.31. The Balaban J connectivity index is 1.84. The molecule has 0 saturated carbocycles. The third-order valence-corrected chi connectivity index (χ3v) is 3.40. The largest absolute Gasteiger partial charge is 0.321 e. The number of tetrazole rings is 1. The van der Waals surface area contributed by atoms with Gasteiger partial charge in [-0.2, -0.15) is 0 Å². The van der Waals surface area contributed by atoms with Crippen LogP contribution in [0, 0.1) is 0 Å². The lowest BCUT2D eigenvalue weighted by Gasteiger charge is -1.99. The molecule has 2 aromatic carbocycles. The van der Waals surface area contributed by atoms with E-state index in [2.05, 4.69) is 20.4 Å². The van der Waals surface area contributed by atoms with E-state index in [0.717, 1.165) is 16.6 Å². The topological polar surface area (TPSA) is 76.5 Å². The number of aromatic nitrogens is 5. The molecule has 4 rings (SSSR count). The van der Waals surface area contributed by atoms with Gasteiger partial charge in [-0.15, -0.1) is 15.0 Å². The molecule has 0 fully saturated rings. The molecule has 22 heavy (non-hydrogen) atoms. The van der Waals surface area contributed by atoms with Crippen molar-refractivity contribution in [3.8, 4) is 17.1 Å². The Morgan fingerprint density at radius 3 is 2.59 bits per heavy atom. The van der Waals surface area contributed by atoms with Crippen molar-refractivity contribution < 1.29 is 0 Å². The molecule has 6 heteroatoms. The van der Waals surface area contributed by atoms with Crippen LogP contribution >= 0.6 is 0 Å². The Morgan fingerprint density at radius 2 is 1.73 bits per heavy atom. The number of aromatic amines is 1. The highest BCUT2D eigenvalue weighted by atomic mass is 16.1. The molecule has 0 saturated heterocycles. The minimum Gasteiger partial charge on any atom is -0.321 e. The number of para-hydroxylation sites is 2. The summed E-state index contributed by atoms with van der Waals surface area (Å²) >= 11 is 0. The summed E-state index contributed by atoms with van der Waals surface area (Å²) < 4.78 is 0. The molecule has 0 aliphatic carbocycles. The maximum atomic E-state index is 12.2. The molecule has 0 radical (unpaired) electrons. The molecule has 0 spiro atoms. The fourth-order valence-electron chi connectivity index (χ4n) is 2.31. The van der Waals surface area contributed by atoms with Crippen molar-refractivity contribution in [3.05, 3.63) is 71.0 Å². The molecule has 0 amide bonds. The molecular weight excluding hydrogens is 278 g/mol. The van der Waals surface area contributed by atoms with Crippen LogP contribution in [-0.4, -0.2) is 25.2 Å². The molecule has 4 aromatic rings. The third kappa shape index (κ3) is 2.07. The number of benzene rings is 2. The van der Waals surface area contributed by atoms with Crippen molar-refractivity contribution in [2.45, 2.75) is 0 Å². The van der Waals surface area contributed by atoms with E-state index < -0.39 is 0 Å². The van der Waals surface area contributed by atoms with E-state index >= 15 is 0 Å². The quantitative estimate of drug-likeness (QED) is 0.613. The van der Waals surface area contributed by atoms with Crippen LogP contribution in [0.15, 0.2) is 65.5 Å². The molecule has 0 bridgehead atoms. The molecule has 1 N–H and O–H groups in total. The van der Waals surface area contributed by atoms with Crippen molar-refractivity contribution in [1.29, 1.82) is 0 Å². The van der Waals surface area contributed by atoms with Gasteiger partial charge in [0.1, 0.15) is 0 Å². The van der Waals surface area contributed by atoms with Crippen LogP contribution in [0.3, 0.4) is 0 Å². The van der Waals surface area contributed by atoms with E-state index in [4.69, 9.17) is 0 Å². The van der Waals surface area contributed by atoms with Crippen LogP contribution in [-0.2, 0) is 0 Å². The van der Waals surface area contributed by atoms with Gasteiger partial charge in [0, 0.05) is 5.52 Å². The molecule has 106 valence electrons. The second kappa shape index (κ2) is 4.92. The molecule has 2 heterocycles. The number of fused-ring (bicyclic) bond motifs is 1. The Labute approximate surface area is 125 Å². The van der Waals surface area contributed by atoms with E-state index in [9.17, 15) is 4.79 Å². The maximum Gasteiger partial charge on any atom is 0.259 e. The smallest absolute Gasteiger partial charge is 0.259 e. The lowest BCUT2D eigenvalue weighted by molar-refractivity contribution is 0.720. The fraction of sp³-hybridized carbons (Fsp3) is 0. The minimum absolute atomic E-state index is 0.230. The highest BCUT2D eigenvalue weighted by Crippen LogP contribution is 2.16. The predicted molar refractivity (Wildman–Crippen MR) is 82.7 cm³/mol. The number of nitrogens with one attached hydrogen (secondary N) is 1. The van der Waals surface area contributed by atoms with Crippen LogP contribution in [0.25, 0.3) is 28.0 Å². The monoisotopic (exact) mass is 289 g/mol. The van der Waals surface area contributed by atoms with Crippen molar-refractivity contribution in [2.75, 3.05) is 0 Å². The Morgan fingerprint density at radius 1 is 0.955 bits per heavy atom. The number of hydrogen-bond donors (Lipinski definition) is 1. The molecule has 0 aliphatic heterocycles. The van der Waals surface area contributed by atoms with E-state index in [1.54, 1.807) is 6.07 Å². The zero-order chi connectivity index (χ0) is 14.9. The summed E-state index contributed by atoms with van der Waals surface area (Å²) in [6, 6.07) is 18.8. The lowest BCUT2D eigenvalue weighted by atomic mass is 10.1. The van der Waals surface area contributed by atoms with Crippen LogP contribution in [0.1, 0.15) is 0 Å². The molecule has 6 nitrogen and oxygen atoms in total. The van der Waals surface area contributed by atoms with E-state index in [1.807, 2.05) is 54.6 Å². The zero-order valence-electron chi connectivity index (χ0n) is 11.5. The second-order valence-corrected chi connectivity index (χ2v) is 4.84. The highest BCUT2D eigenvalue weighted by molar-refractivity contribution is 5.82. The summed E-state index contributed by atoms with van der Waals surface area (Å²) in [4.78, 5) is 16.4. The van der Waals surface area contributed by atoms with Gasteiger partial charge in [-0.3, -0.25) is 4.79 Å². The Kier molecular flexibility index (Phi) is 2.79. The first kappa shape index (κ1) is 12.5. The van der Waals surface area contributed by atoms with Gasteiger partial charge in [0.05, 0.1) is 11.3 Å². The molecular formula is C16H11N5O. The zero-order valence-corrected chi connectivity index (χ0v) is 11.5. The van der Waals surface area contributed by atoms with Gasteiger partial charge in [0.15, 0.2) is 0 Å². The molecule has 2 aromatic heterocycles. The summed E-state index contributed by atoms with van der Waals surface area (Å²) in [5.74, 6) is 0.302. The summed E-state index contributed by atoms with van der Waals surface area (Å²) in [5.41, 5.74) is 1.75. The molecule has 0 atom stereocenters.